The highest BCUT2D eigenvalue weighted by Gasteiger charge is 2.15. The topological polar surface area (TPSA) is 81.1 Å². The lowest BCUT2D eigenvalue weighted by Crippen LogP contribution is -2.15. The number of nitrogens with two attached hydrogens (primary N) is 2. The van der Waals surface area contributed by atoms with Gasteiger partial charge in [-0.3, -0.25) is 4.79 Å². The largest absolute Gasteiger partial charge is 0.398 e. The number of amides is 1. The van der Waals surface area contributed by atoms with Crippen LogP contribution in [0, 0.1) is 5.82 Å². The Labute approximate surface area is 124 Å². The van der Waals surface area contributed by atoms with Crippen LogP contribution in [-0.2, 0) is 0 Å². The SMILES string of the molecule is CC(Nc1cc(C(N)=O)c(N)cc1F)c1ccc(Cl)s1. The normalized spacial score (nSPS) is 12.2. The molecule has 4 nitrogen and oxygen atoms in total. The van der Waals surface area contributed by atoms with E-state index in [4.69, 9.17) is 23.1 Å². The summed E-state index contributed by atoms with van der Waals surface area (Å²) in [6, 6.07) is 5.87. The maximum absolute atomic E-state index is 13.9. The van der Waals surface area contributed by atoms with Crippen LogP contribution in [0.1, 0.15) is 28.2 Å². The fourth-order valence-corrected chi connectivity index (χ4v) is 2.84. The quantitative estimate of drug-likeness (QED) is 0.757. The first-order chi connectivity index (χ1) is 9.38. The molecule has 106 valence electrons. The maximum Gasteiger partial charge on any atom is 0.250 e. The molecule has 0 aliphatic carbocycles. The van der Waals surface area contributed by atoms with Crippen LogP contribution in [0.25, 0.3) is 0 Å². The van der Waals surface area contributed by atoms with Gasteiger partial charge in [-0.2, -0.15) is 0 Å². The van der Waals surface area contributed by atoms with E-state index in [-0.39, 0.29) is 23.0 Å². The van der Waals surface area contributed by atoms with Crippen LogP contribution in [0.5, 0.6) is 0 Å². The Kier molecular flexibility index (Phi) is 4.15. The Morgan fingerprint density at radius 2 is 2.15 bits per heavy atom. The highest BCUT2D eigenvalue weighted by atomic mass is 35.5. The Hall–Kier alpha value is -1.79. The van der Waals surface area contributed by atoms with E-state index in [2.05, 4.69) is 5.32 Å². The molecule has 2 rings (SSSR count). The zero-order chi connectivity index (χ0) is 14.9. The van der Waals surface area contributed by atoms with Crippen LogP contribution in [0.4, 0.5) is 15.8 Å². The molecule has 0 radical (unpaired) electrons. The molecule has 0 saturated heterocycles. The predicted octanol–water partition coefficient (Wildman–Crippen LogP) is 3.39. The average molecular weight is 314 g/mol. The Morgan fingerprint density at radius 1 is 1.45 bits per heavy atom. The summed E-state index contributed by atoms with van der Waals surface area (Å²) in [4.78, 5) is 12.2. The van der Waals surface area contributed by atoms with Gasteiger partial charge in [0, 0.05) is 10.6 Å². The first-order valence-electron chi connectivity index (χ1n) is 5.79. The molecule has 0 aliphatic heterocycles. The summed E-state index contributed by atoms with van der Waals surface area (Å²) >= 11 is 7.26. The Balaban J connectivity index is 2.29. The summed E-state index contributed by atoms with van der Waals surface area (Å²) in [5.74, 6) is -1.24. The molecule has 0 bridgehead atoms. The minimum absolute atomic E-state index is 0.0207. The third-order valence-electron chi connectivity index (χ3n) is 2.80. The van der Waals surface area contributed by atoms with E-state index in [0.29, 0.717) is 4.34 Å². The molecular weight excluding hydrogens is 301 g/mol. The number of carbonyl (C=O) groups excluding carboxylic acids is 1. The molecule has 1 atom stereocenters. The molecule has 7 heteroatoms. The van der Waals surface area contributed by atoms with Crippen LogP contribution in [0.3, 0.4) is 0 Å². The Bertz CT molecular complexity index is 659. The highest BCUT2D eigenvalue weighted by Crippen LogP contribution is 2.30. The van der Waals surface area contributed by atoms with Crippen molar-refractivity contribution in [3.05, 3.63) is 44.9 Å². The summed E-state index contributed by atoms with van der Waals surface area (Å²) < 4.78 is 14.5. The summed E-state index contributed by atoms with van der Waals surface area (Å²) in [6.45, 7) is 1.86. The molecule has 2 aromatic rings. The van der Waals surface area contributed by atoms with E-state index < -0.39 is 11.7 Å². The van der Waals surface area contributed by atoms with Gasteiger partial charge in [0.05, 0.1) is 21.6 Å². The van der Waals surface area contributed by atoms with Crippen LogP contribution < -0.4 is 16.8 Å². The van der Waals surface area contributed by atoms with Crippen molar-refractivity contribution in [2.45, 2.75) is 13.0 Å². The van der Waals surface area contributed by atoms with Crippen LogP contribution in [-0.4, -0.2) is 5.91 Å². The van der Waals surface area contributed by atoms with Gasteiger partial charge in [0.2, 0.25) is 0 Å². The smallest absolute Gasteiger partial charge is 0.250 e. The van der Waals surface area contributed by atoms with Gasteiger partial charge in [0.25, 0.3) is 5.91 Å². The fourth-order valence-electron chi connectivity index (χ4n) is 1.78. The molecule has 0 fully saturated rings. The maximum atomic E-state index is 13.9. The molecule has 1 unspecified atom stereocenters. The van der Waals surface area contributed by atoms with Gasteiger partial charge in [-0.1, -0.05) is 11.6 Å². The number of rotatable bonds is 4. The zero-order valence-electron chi connectivity index (χ0n) is 10.6. The van der Waals surface area contributed by atoms with Gasteiger partial charge < -0.3 is 16.8 Å². The predicted molar refractivity (Wildman–Crippen MR) is 80.7 cm³/mol. The molecule has 0 aliphatic rings. The number of benzene rings is 1. The molecule has 1 aromatic carbocycles. The van der Waals surface area contributed by atoms with Crippen molar-refractivity contribution in [3.63, 3.8) is 0 Å². The lowest BCUT2D eigenvalue weighted by Gasteiger charge is -2.15. The second-order valence-electron chi connectivity index (χ2n) is 4.29. The molecule has 0 spiro atoms. The van der Waals surface area contributed by atoms with Crippen LogP contribution >= 0.6 is 22.9 Å². The number of nitrogen functional groups attached to an aromatic ring is 1. The van der Waals surface area contributed by atoms with E-state index in [1.807, 2.05) is 13.0 Å². The minimum atomic E-state index is -0.697. The van der Waals surface area contributed by atoms with E-state index in [1.165, 1.54) is 17.4 Å². The summed E-state index contributed by atoms with van der Waals surface area (Å²) in [7, 11) is 0. The molecule has 1 amide bonds. The van der Waals surface area contributed by atoms with Crippen molar-refractivity contribution >= 4 is 40.2 Å². The second kappa shape index (κ2) is 5.68. The zero-order valence-corrected chi connectivity index (χ0v) is 12.2. The van der Waals surface area contributed by atoms with E-state index in [1.54, 1.807) is 6.07 Å². The first-order valence-corrected chi connectivity index (χ1v) is 6.98. The van der Waals surface area contributed by atoms with Crippen molar-refractivity contribution in [1.82, 2.24) is 0 Å². The number of hydrogen-bond donors (Lipinski definition) is 3. The monoisotopic (exact) mass is 313 g/mol. The van der Waals surface area contributed by atoms with E-state index >= 15 is 0 Å². The number of carbonyl (C=O) groups is 1. The number of halogens is 2. The molecule has 1 aromatic heterocycles. The lowest BCUT2D eigenvalue weighted by atomic mass is 10.1. The molecule has 0 saturated carbocycles. The van der Waals surface area contributed by atoms with Crippen LogP contribution in [0.15, 0.2) is 24.3 Å². The van der Waals surface area contributed by atoms with E-state index in [9.17, 15) is 9.18 Å². The van der Waals surface area contributed by atoms with Crippen molar-refractivity contribution in [2.75, 3.05) is 11.1 Å². The van der Waals surface area contributed by atoms with Crippen molar-refractivity contribution in [2.24, 2.45) is 5.73 Å². The number of nitrogens with one attached hydrogen (secondary N) is 1. The van der Waals surface area contributed by atoms with Crippen molar-refractivity contribution < 1.29 is 9.18 Å². The summed E-state index contributed by atoms with van der Waals surface area (Å²) in [5, 5.41) is 2.98. The third kappa shape index (κ3) is 3.02. The second-order valence-corrected chi connectivity index (χ2v) is 6.04. The molecule has 5 N–H and O–H groups in total. The minimum Gasteiger partial charge on any atom is -0.398 e. The van der Waals surface area contributed by atoms with Gasteiger partial charge in [0.15, 0.2) is 0 Å². The van der Waals surface area contributed by atoms with Crippen molar-refractivity contribution in [3.8, 4) is 0 Å². The Morgan fingerprint density at radius 3 is 2.70 bits per heavy atom. The summed E-state index contributed by atoms with van der Waals surface area (Å²) in [5.41, 5.74) is 11.0. The van der Waals surface area contributed by atoms with E-state index in [0.717, 1.165) is 10.9 Å². The van der Waals surface area contributed by atoms with Crippen LogP contribution in [0.2, 0.25) is 4.34 Å². The molecule has 1 heterocycles. The van der Waals surface area contributed by atoms with Gasteiger partial charge >= 0.3 is 0 Å². The number of hydrogen-bond acceptors (Lipinski definition) is 4. The third-order valence-corrected chi connectivity index (χ3v) is 4.21. The number of anilines is 2. The van der Waals surface area contributed by atoms with Crippen molar-refractivity contribution in [1.29, 1.82) is 0 Å². The van der Waals surface area contributed by atoms with Gasteiger partial charge in [-0.25, -0.2) is 4.39 Å². The van der Waals surface area contributed by atoms with Gasteiger partial charge in [-0.05, 0) is 31.2 Å². The lowest BCUT2D eigenvalue weighted by molar-refractivity contribution is 0.100. The fraction of sp³-hybridized carbons (Fsp3) is 0.154. The highest BCUT2D eigenvalue weighted by molar-refractivity contribution is 7.16. The average Bonchev–Trinajstić information content (AvgIpc) is 2.79. The summed E-state index contributed by atoms with van der Waals surface area (Å²) in [6.07, 6.45) is 0. The first kappa shape index (κ1) is 14.6. The standard InChI is InChI=1S/C13H13ClFN3OS/c1-6(11-2-3-12(14)20-11)18-10-4-7(13(17)19)9(16)5-8(10)15/h2-6,18H,16H2,1H3,(H2,17,19). The number of thiophene rings is 1. The molecular formula is C13H13ClFN3OS. The van der Waals surface area contributed by atoms with Gasteiger partial charge in [0.1, 0.15) is 5.82 Å². The molecule has 20 heavy (non-hydrogen) atoms. The van der Waals surface area contributed by atoms with Gasteiger partial charge in [-0.15, -0.1) is 11.3 Å². The number of primary amides is 1.